The third-order valence-corrected chi connectivity index (χ3v) is 3.22. The van der Waals surface area contributed by atoms with Crippen molar-refractivity contribution in [3.05, 3.63) is 46.7 Å². The highest BCUT2D eigenvalue weighted by Crippen LogP contribution is 2.33. The molecule has 0 aliphatic carbocycles. The average Bonchev–Trinajstić information content (AvgIpc) is 2.40. The first kappa shape index (κ1) is 14.2. The van der Waals surface area contributed by atoms with Gasteiger partial charge in [-0.3, -0.25) is 4.79 Å². The Kier molecular flexibility index (Phi) is 3.83. The molecule has 0 saturated carbocycles. The number of nitrogens with one attached hydrogen (secondary N) is 1. The summed E-state index contributed by atoms with van der Waals surface area (Å²) in [5.41, 5.74) is 0.972. The van der Waals surface area contributed by atoms with Crippen LogP contribution < -0.4 is 5.32 Å². The summed E-state index contributed by atoms with van der Waals surface area (Å²) in [6.07, 6.45) is -0.0210. The second-order valence-electron chi connectivity index (χ2n) is 4.51. The van der Waals surface area contributed by atoms with Crippen molar-refractivity contribution in [2.45, 2.75) is 19.3 Å². The van der Waals surface area contributed by atoms with E-state index in [2.05, 4.69) is 10.1 Å². The number of esters is 1. The largest absolute Gasteiger partial charge is 0.466 e. The van der Waals surface area contributed by atoms with E-state index in [0.717, 1.165) is 12.1 Å². The maximum absolute atomic E-state index is 13.3. The normalized spacial score (nSPS) is 18.8. The highest BCUT2D eigenvalue weighted by Gasteiger charge is 2.32. The minimum atomic E-state index is -1.02. The van der Waals surface area contributed by atoms with Crippen molar-refractivity contribution in [3.8, 4) is 0 Å². The van der Waals surface area contributed by atoms with Crippen molar-refractivity contribution in [3.63, 3.8) is 0 Å². The molecule has 6 heteroatoms. The molecular weight excluding hydrogens is 268 g/mol. The molecule has 0 aromatic heterocycles. The molecule has 0 spiro atoms. The fourth-order valence-electron chi connectivity index (χ4n) is 2.30. The summed E-state index contributed by atoms with van der Waals surface area (Å²) in [6, 6.07) is 3.33. The second-order valence-corrected chi connectivity index (χ2v) is 4.51. The first-order chi connectivity index (χ1) is 9.43. The van der Waals surface area contributed by atoms with Gasteiger partial charge in [-0.15, -0.1) is 0 Å². The Bertz CT molecular complexity index is 610. The van der Waals surface area contributed by atoms with Gasteiger partial charge in [0.2, 0.25) is 5.91 Å². The summed E-state index contributed by atoms with van der Waals surface area (Å²) in [5, 5.41) is 2.54. The molecule has 1 aliphatic rings. The highest BCUT2D eigenvalue weighted by molar-refractivity contribution is 5.95. The van der Waals surface area contributed by atoms with Crippen LogP contribution >= 0.6 is 0 Å². The fraction of sp³-hybridized carbons (Fsp3) is 0.286. The lowest BCUT2D eigenvalue weighted by Gasteiger charge is -2.26. The van der Waals surface area contributed by atoms with Gasteiger partial charge in [0.05, 0.1) is 12.7 Å². The van der Waals surface area contributed by atoms with Gasteiger partial charge in [-0.1, -0.05) is 6.07 Å². The SMILES string of the molecule is COC(=O)C1=C(C)NC(=O)CC1c1ccc(F)c(F)c1. The van der Waals surface area contributed by atoms with Crippen LogP contribution in [0.25, 0.3) is 0 Å². The fourth-order valence-corrected chi connectivity index (χ4v) is 2.30. The van der Waals surface area contributed by atoms with Gasteiger partial charge in [0.25, 0.3) is 0 Å². The Morgan fingerprint density at radius 1 is 1.35 bits per heavy atom. The van der Waals surface area contributed by atoms with Gasteiger partial charge < -0.3 is 10.1 Å². The number of carbonyl (C=O) groups is 2. The maximum Gasteiger partial charge on any atom is 0.336 e. The van der Waals surface area contributed by atoms with Crippen LogP contribution in [0.4, 0.5) is 8.78 Å². The third kappa shape index (κ3) is 2.54. The van der Waals surface area contributed by atoms with Gasteiger partial charge in [-0.2, -0.15) is 0 Å². The molecule has 0 fully saturated rings. The minimum Gasteiger partial charge on any atom is -0.466 e. The lowest BCUT2D eigenvalue weighted by atomic mass is 9.84. The van der Waals surface area contributed by atoms with E-state index in [1.54, 1.807) is 6.92 Å². The Hall–Kier alpha value is -2.24. The maximum atomic E-state index is 13.3. The number of hydrogen-bond acceptors (Lipinski definition) is 3. The number of methoxy groups -OCH3 is 1. The predicted octanol–water partition coefficient (Wildman–Crippen LogP) is 2.02. The van der Waals surface area contributed by atoms with E-state index in [9.17, 15) is 18.4 Å². The van der Waals surface area contributed by atoms with Crippen LogP contribution in [0.3, 0.4) is 0 Å². The van der Waals surface area contributed by atoms with Crippen LogP contribution in [-0.2, 0) is 14.3 Å². The van der Waals surface area contributed by atoms with E-state index < -0.39 is 23.5 Å². The summed E-state index contributed by atoms with van der Waals surface area (Å²) in [5.74, 6) is -3.53. The average molecular weight is 281 g/mol. The highest BCUT2D eigenvalue weighted by atomic mass is 19.2. The van der Waals surface area contributed by atoms with Gasteiger partial charge in [0.1, 0.15) is 0 Å². The van der Waals surface area contributed by atoms with Crippen LogP contribution in [0, 0.1) is 11.6 Å². The number of carbonyl (C=O) groups excluding carboxylic acids is 2. The summed E-state index contributed by atoms with van der Waals surface area (Å²) in [6.45, 7) is 1.57. The predicted molar refractivity (Wildman–Crippen MR) is 66.6 cm³/mol. The standard InChI is InChI=1S/C14H13F2NO3/c1-7-13(14(19)20-2)9(6-12(18)17-7)8-3-4-10(15)11(16)5-8/h3-5,9H,6H2,1-2H3,(H,17,18). The van der Waals surface area contributed by atoms with Crippen LogP contribution in [0.5, 0.6) is 0 Å². The number of hydrogen-bond donors (Lipinski definition) is 1. The topological polar surface area (TPSA) is 55.4 Å². The van der Waals surface area contributed by atoms with Crippen LogP contribution in [0.2, 0.25) is 0 Å². The first-order valence-corrected chi connectivity index (χ1v) is 5.98. The third-order valence-electron chi connectivity index (χ3n) is 3.22. The van der Waals surface area contributed by atoms with E-state index in [1.807, 2.05) is 0 Å². The van der Waals surface area contributed by atoms with Crippen molar-refractivity contribution >= 4 is 11.9 Å². The summed E-state index contributed by atoms with van der Waals surface area (Å²) >= 11 is 0. The molecule has 2 rings (SSSR count). The van der Waals surface area contributed by atoms with E-state index >= 15 is 0 Å². The van der Waals surface area contributed by atoms with Gasteiger partial charge >= 0.3 is 5.97 Å². The number of amides is 1. The zero-order valence-electron chi connectivity index (χ0n) is 11.0. The molecule has 1 unspecified atom stereocenters. The molecule has 0 saturated heterocycles. The van der Waals surface area contributed by atoms with Gasteiger partial charge in [0.15, 0.2) is 11.6 Å². The van der Waals surface area contributed by atoms with Crippen molar-refractivity contribution in [1.82, 2.24) is 5.32 Å². The molecule has 1 heterocycles. The van der Waals surface area contributed by atoms with Gasteiger partial charge in [0, 0.05) is 18.0 Å². The number of halogens is 2. The number of rotatable bonds is 2. The van der Waals surface area contributed by atoms with E-state index in [0.29, 0.717) is 11.3 Å². The lowest BCUT2D eigenvalue weighted by Crippen LogP contribution is -2.34. The Morgan fingerprint density at radius 2 is 2.05 bits per heavy atom. The molecule has 1 aliphatic heterocycles. The molecule has 4 nitrogen and oxygen atoms in total. The first-order valence-electron chi connectivity index (χ1n) is 5.98. The monoisotopic (exact) mass is 281 g/mol. The molecule has 1 aromatic rings. The second kappa shape index (κ2) is 5.40. The molecule has 0 bridgehead atoms. The van der Waals surface area contributed by atoms with Crippen molar-refractivity contribution in [1.29, 1.82) is 0 Å². The quantitative estimate of drug-likeness (QED) is 0.844. The van der Waals surface area contributed by atoms with Crippen LogP contribution in [0.1, 0.15) is 24.8 Å². The number of allylic oxidation sites excluding steroid dienone is 1. The summed E-state index contributed by atoms with van der Waals surface area (Å²) < 4.78 is 31.0. The van der Waals surface area contributed by atoms with Crippen molar-refractivity contribution in [2.24, 2.45) is 0 Å². The molecule has 0 radical (unpaired) electrons. The van der Waals surface area contributed by atoms with Gasteiger partial charge in [-0.05, 0) is 24.6 Å². The summed E-state index contributed by atoms with van der Waals surface area (Å²) in [7, 11) is 1.22. The van der Waals surface area contributed by atoms with Crippen LogP contribution in [0.15, 0.2) is 29.5 Å². The van der Waals surface area contributed by atoms with Crippen LogP contribution in [-0.4, -0.2) is 19.0 Å². The zero-order chi connectivity index (χ0) is 14.9. The number of ether oxygens (including phenoxy) is 1. The van der Waals surface area contributed by atoms with Crippen molar-refractivity contribution in [2.75, 3.05) is 7.11 Å². The van der Waals surface area contributed by atoms with E-state index in [-0.39, 0.29) is 17.9 Å². The Labute approximate surface area is 114 Å². The molecule has 1 atom stereocenters. The molecular formula is C14H13F2NO3. The number of benzene rings is 1. The van der Waals surface area contributed by atoms with Gasteiger partial charge in [-0.25, -0.2) is 13.6 Å². The summed E-state index contributed by atoms with van der Waals surface area (Å²) in [4.78, 5) is 23.4. The van der Waals surface area contributed by atoms with E-state index in [1.165, 1.54) is 13.2 Å². The minimum absolute atomic E-state index is 0.0210. The molecule has 1 aromatic carbocycles. The molecule has 20 heavy (non-hydrogen) atoms. The molecule has 106 valence electrons. The zero-order valence-corrected chi connectivity index (χ0v) is 11.0. The van der Waals surface area contributed by atoms with Crippen molar-refractivity contribution < 1.29 is 23.1 Å². The smallest absolute Gasteiger partial charge is 0.336 e. The Balaban J connectivity index is 2.50. The van der Waals surface area contributed by atoms with E-state index in [4.69, 9.17) is 0 Å². The lowest BCUT2D eigenvalue weighted by molar-refractivity contribution is -0.136. The Morgan fingerprint density at radius 3 is 2.65 bits per heavy atom. The molecule has 1 N–H and O–H groups in total. The molecule has 1 amide bonds.